The monoisotopic (exact) mass is 737 g/mol. The minimum Gasteiger partial charge on any atom is -0.504 e. The van der Waals surface area contributed by atoms with Gasteiger partial charge < -0.3 is 14.6 Å². The molecule has 2 heterocycles. The number of allylic oxidation sites excluding steroid dienone is 2. The van der Waals surface area contributed by atoms with E-state index in [1.54, 1.807) is 79.9 Å². The van der Waals surface area contributed by atoms with Gasteiger partial charge in [0.25, 0.3) is 11.8 Å². The van der Waals surface area contributed by atoms with Crippen molar-refractivity contribution < 1.29 is 33.8 Å². The number of aromatic hydroxyl groups is 1. The molecule has 4 aliphatic rings. The van der Waals surface area contributed by atoms with Gasteiger partial charge in [-0.15, -0.1) is 0 Å². The van der Waals surface area contributed by atoms with Gasteiger partial charge in [-0.1, -0.05) is 71.2 Å². The molecule has 0 spiro atoms. The third-order valence-electron chi connectivity index (χ3n) is 11.1. The smallest absolute Gasteiger partial charge is 0.260 e. The van der Waals surface area contributed by atoms with E-state index in [1.807, 2.05) is 12.1 Å². The number of nitrogens with zero attached hydrogens (tertiary/aromatic N) is 2. The molecule has 1 saturated carbocycles. The number of nitrogens with one attached hydrogen (secondary N) is 1. The van der Waals surface area contributed by atoms with Gasteiger partial charge >= 0.3 is 0 Å². The van der Waals surface area contributed by atoms with Gasteiger partial charge in [-0.25, -0.2) is 0 Å². The van der Waals surface area contributed by atoms with Crippen LogP contribution in [0.2, 0.25) is 10.0 Å². The summed E-state index contributed by atoms with van der Waals surface area (Å²) in [5.74, 6) is -4.83. The average molecular weight is 739 g/mol. The summed E-state index contributed by atoms with van der Waals surface area (Å²) in [7, 11) is 2.97. The summed E-state index contributed by atoms with van der Waals surface area (Å²) in [6, 6.07) is 25.4. The van der Waals surface area contributed by atoms with Gasteiger partial charge in [0.15, 0.2) is 11.5 Å². The maximum Gasteiger partial charge on any atom is 0.260 e. The van der Waals surface area contributed by atoms with Crippen molar-refractivity contribution in [3.05, 3.63) is 124 Å². The van der Waals surface area contributed by atoms with Crippen LogP contribution in [0.5, 0.6) is 17.2 Å². The SMILES string of the molecule is COc1ccc([C@@]23C(=O)N(Nc4ccc(Cl)cc4Cl)C(=O)[C@@H]2C[C@@H]2C(=CC[C@@H]4C(=O)N(c5ccccc5)C(=O)[C@@H]42)[C@@H]3c2ccc(O)c(OC)c2)cc1. The number of hydrogen-bond donors (Lipinski definition) is 2. The first-order valence-electron chi connectivity index (χ1n) is 16.8. The highest BCUT2D eigenvalue weighted by molar-refractivity contribution is 6.36. The van der Waals surface area contributed by atoms with E-state index in [2.05, 4.69) is 5.43 Å². The quantitative estimate of drug-likeness (QED) is 0.155. The highest BCUT2D eigenvalue weighted by Gasteiger charge is 2.70. The fourth-order valence-corrected chi connectivity index (χ4v) is 9.37. The lowest BCUT2D eigenvalue weighted by atomic mass is 9.49. The molecule has 3 fully saturated rings. The fraction of sp³-hybridized carbons (Fsp3) is 0.250. The zero-order chi connectivity index (χ0) is 36.5. The summed E-state index contributed by atoms with van der Waals surface area (Å²) in [6.07, 6.45) is 2.36. The zero-order valence-corrected chi connectivity index (χ0v) is 29.6. The number of phenols is 1. The van der Waals surface area contributed by atoms with Crippen molar-refractivity contribution >= 4 is 58.2 Å². The highest BCUT2D eigenvalue weighted by Crippen LogP contribution is 2.64. The van der Waals surface area contributed by atoms with Crippen molar-refractivity contribution in [2.45, 2.75) is 24.2 Å². The number of para-hydroxylation sites is 1. The van der Waals surface area contributed by atoms with Gasteiger partial charge in [0.1, 0.15) is 5.75 Å². The van der Waals surface area contributed by atoms with E-state index in [1.165, 1.54) is 24.1 Å². The van der Waals surface area contributed by atoms with Crippen molar-refractivity contribution in [1.29, 1.82) is 0 Å². The number of halogens is 2. The van der Waals surface area contributed by atoms with Crippen molar-refractivity contribution in [3.63, 3.8) is 0 Å². The minimum atomic E-state index is -1.54. The standard InChI is InChI=1S/C40H33Cl2N3O7/c1-51-25-12-9-22(10-13-25)40-29(37(48)45(39(40)50)43-31-16-11-23(41)19-30(31)42)20-28-26(35(40)21-8-17-32(46)33(18-21)52-2)14-15-27-34(28)38(49)44(36(27)47)24-6-4-3-5-7-24/h3-14,16-19,27-29,34-35,43,46H,15,20H2,1-2H3/t27-,28+,29-,34-,35-,40+/m0/s1. The van der Waals surface area contributed by atoms with E-state index in [0.29, 0.717) is 33.3 Å². The van der Waals surface area contributed by atoms with E-state index in [0.717, 1.165) is 10.6 Å². The molecule has 0 bridgehead atoms. The summed E-state index contributed by atoms with van der Waals surface area (Å²) < 4.78 is 11.0. The van der Waals surface area contributed by atoms with Crippen molar-refractivity contribution in [2.75, 3.05) is 24.5 Å². The van der Waals surface area contributed by atoms with Crippen LogP contribution in [0.4, 0.5) is 11.4 Å². The molecule has 10 nitrogen and oxygen atoms in total. The van der Waals surface area contributed by atoms with E-state index in [4.69, 9.17) is 32.7 Å². The van der Waals surface area contributed by atoms with Gasteiger partial charge in [-0.3, -0.25) is 29.5 Å². The summed E-state index contributed by atoms with van der Waals surface area (Å²) in [4.78, 5) is 59.9. The number of benzene rings is 4. The second-order valence-corrected chi connectivity index (χ2v) is 14.3. The van der Waals surface area contributed by atoms with Gasteiger partial charge in [0.05, 0.1) is 53.8 Å². The van der Waals surface area contributed by atoms with Crippen LogP contribution in [0.15, 0.2) is 103 Å². The maximum absolute atomic E-state index is 15.4. The molecule has 2 saturated heterocycles. The Balaban J connectivity index is 1.35. The molecule has 264 valence electrons. The van der Waals surface area contributed by atoms with Crippen LogP contribution >= 0.6 is 23.2 Å². The largest absolute Gasteiger partial charge is 0.504 e. The van der Waals surface area contributed by atoms with Gasteiger partial charge in [-0.2, -0.15) is 5.01 Å². The number of methoxy groups -OCH3 is 2. The number of ether oxygens (including phenoxy) is 2. The Hall–Kier alpha value is -5.32. The number of amides is 4. The molecule has 12 heteroatoms. The number of imide groups is 2. The minimum absolute atomic E-state index is 0.101. The fourth-order valence-electron chi connectivity index (χ4n) is 8.92. The van der Waals surface area contributed by atoms with Gasteiger partial charge in [0, 0.05) is 10.9 Å². The molecule has 4 aromatic carbocycles. The Morgan fingerprint density at radius 1 is 0.827 bits per heavy atom. The molecule has 6 atom stereocenters. The number of carbonyl (C=O) groups excluding carboxylic acids is 4. The molecule has 2 aliphatic carbocycles. The number of hydrogen-bond acceptors (Lipinski definition) is 8. The van der Waals surface area contributed by atoms with Gasteiger partial charge in [-0.05, 0) is 84.5 Å². The Morgan fingerprint density at radius 2 is 1.58 bits per heavy atom. The Kier molecular flexibility index (Phi) is 8.27. The summed E-state index contributed by atoms with van der Waals surface area (Å²) in [6.45, 7) is 0. The van der Waals surface area contributed by atoms with E-state index >= 15 is 4.79 Å². The summed E-state index contributed by atoms with van der Waals surface area (Å²) >= 11 is 12.7. The molecule has 52 heavy (non-hydrogen) atoms. The number of anilines is 2. The van der Waals surface area contributed by atoms with E-state index in [9.17, 15) is 19.5 Å². The Bertz CT molecular complexity index is 2180. The maximum atomic E-state index is 15.4. The second kappa shape index (κ2) is 12.7. The number of hydrazine groups is 1. The van der Waals surface area contributed by atoms with Crippen LogP contribution in [0.1, 0.15) is 29.9 Å². The van der Waals surface area contributed by atoms with Crippen molar-refractivity contribution in [3.8, 4) is 17.2 Å². The third-order valence-corrected chi connectivity index (χ3v) is 11.7. The molecule has 0 radical (unpaired) electrons. The van der Waals surface area contributed by atoms with E-state index in [-0.39, 0.29) is 41.2 Å². The van der Waals surface area contributed by atoms with E-state index < -0.39 is 46.8 Å². The lowest BCUT2D eigenvalue weighted by Crippen LogP contribution is -2.53. The first-order valence-corrected chi connectivity index (χ1v) is 17.6. The molecule has 8 rings (SSSR count). The third kappa shape index (κ3) is 4.92. The van der Waals surface area contributed by atoms with Crippen LogP contribution in [-0.2, 0) is 24.6 Å². The Labute approximate surface area is 309 Å². The number of rotatable bonds is 7. The average Bonchev–Trinajstić information content (AvgIpc) is 3.54. The Morgan fingerprint density at radius 3 is 2.27 bits per heavy atom. The number of fused-ring (bicyclic) bond motifs is 4. The van der Waals surface area contributed by atoms with Crippen LogP contribution in [0.3, 0.4) is 0 Å². The summed E-state index contributed by atoms with van der Waals surface area (Å²) in [5.41, 5.74) is 4.15. The lowest BCUT2D eigenvalue weighted by molar-refractivity contribution is -0.138. The van der Waals surface area contributed by atoms with Crippen molar-refractivity contribution in [2.24, 2.45) is 23.7 Å². The zero-order valence-electron chi connectivity index (χ0n) is 28.1. The lowest BCUT2D eigenvalue weighted by Gasteiger charge is -2.50. The number of carbonyl (C=O) groups is 4. The topological polar surface area (TPSA) is 125 Å². The van der Waals surface area contributed by atoms with Gasteiger partial charge in [0.2, 0.25) is 11.8 Å². The second-order valence-electron chi connectivity index (χ2n) is 13.5. The molecule has 4 amide bonds. The van der Waals surface area contributed by atoms with Crippen molar-refractivity contribution in [1.82, 2.24) is 5.01 Å². The molecule has 2 N–H and O–H groups in total. The molecule has 0 unspecified atom stereocenters. The van der Waals surface area contributed by atoms with Crippen LogP contribution < -0.4 is 19.8 Å². The normalized spacial score (nSPS) is 26.5. The molecule has 4 aromatic rings. The highest BCUT2D eigenvalue weighted by atomic mass is 35.5. The number of phenolic OH excluding ortho intramolecular Hbond substituents is 1. The summed E-state index contributed by atoms with van der Waals surface area (Å²) in [5, 5.41) is 12.3. The predicted octanol–water partition coefficient (Wildman–Crippen LogP) is 6.91. The molecular weight excluding hydrogens is 705 g/mol. The van der Waals surface area contributed by atoms with Crippen LogP contribution in [0.25, 0.3) is 0 Å². The van der Waals surface area contributed by atoms with Crippen LogP contribution in [0, 0.1) is 23.7 Å². The predicted molar refractivity (Wildman–Crippen MR) is 194 cm³/mol. The van der Waals surface area contributed by atoms with Crippen LogP contribution in [-0.4, -0.2) is 48.0 Å². The molecular formula is C40H33Cl2N3O7. The first kappa shape index (κ1) is 33.8. The first-order chi connectivity index (χ1) is 25.1. The molecule has 0 aromatic heterocycles. The molecule has 2 aliphatic heterocycles.